The van der Waals surface area contributed by atoms with E-state index < -0.39 is 5.56 Å². The molecule has 3 heterocycles. The monoisotopic (exact) mass is 417 g/mol. The van der Waals surface area contributed by atoms with Crippen molar-refractivity contribution in [3.8, 4) is 16.5 Å². The summed E-state index contributed by atoms with van der Waals surface area (Å²) in [7, 11) is 0. The topological polar surface area (TPSA) is 67.5 Å². The van der Waals surface area contributed by atoms with E-state index in [1.54, 1.807) is 12.4 Å². The molecule has 4 aromatic rings. The maximum Gasteiger partial charge on any atom is 0.301 e. The van der Waals surface area contributed by atoms with Gasteiger partial charge in [-0.25, -0.2) is 9.97 Å². The van der Waals surface area contributed by atoms with Gasteiger partial charge in [0.05, 0.1) is 0 Å². The predicted molar refractivity (Wildman–Crippen MR) is 110 cm³/mol. The maximum atomic E-state index is 12.5. The van der Waals surface area contributed by atoms with Crippen molar-refractivity contribution < 1.29 is 5.11 Å². The van der Waals surface area contributed by atoms with Crippen LogP contribution >= 0.6 is 34.3 Å². The molecular formula is C19H16ClN3O2S2. The molecule has 0 saturated carbocycles. The summed E-state index contributed by atoms with van der Waals surface area (Å²) in [6.07, 6.45) is 4.97. The van der Waals surface area contributed by atoms with Crippen LogP contribution in [0.1, 0.15) is 27.8 Å². The lowest BCUT2D eigenvalue weighted by atomic mass is 10.1. The van der Waals surface area contributed by atoms with Gasteiger partial charge in [-0.15, -0.1) is 22.7 Å². The van der Waals surface area contributed by atoms with E-state index in [1.807, 2.05) is 32.0 Å². The first-order valence-electron chi connectivity index (χ1n) is 8.40. The van der Waals surface area contributed by atoms with Crippen molar-refractivity contribution in [2.45, 2.75) is 26.7 Å². The molecule has 0 aliphatic heterocycles. The van der Waals surface area contributed by atoms with E-state index in [1.165, 1.54) is 27.1 Å². The number of aromatic nitrogens is 3. The molecule has 0 fully saturated rings. The molecule has 0 aliphatic rings. The first kappa shape index (κ1) is 18.2. The molecule has 138 valence electrons. The van der Waals surface area contributed by atoms with Crippen molar-refractivity contribution in [1.82, 2.24) is 14.4 Å². The number of aryl methyl sites for hydroxylation is 2. The number of fused-ring (bicyclic) bond motifs is 1. The van der Waals surface area contributed by atoms with Crippen molar-refractivity contribution in [2.24, 2.45) is 0 Å². The Morgan fingerprint density at radius 3 is 2.81 bits per heavy atom. The molecule has 1 aromatic carbocycles. The van der Waals surface area contributed by atoms with Crippen LogP contribution in [0.4, 0.5) is 0 Å². The first-order chi connectivity index (χ1) is 13.0. The van der Waals surface area contributed by atoms with E-state index in [0.717, 1.165) is 32.3 Å². The molecule has 0 amide bonds. The second-order valence-electron chi connectivity index (χ2n) is 6.21. The summed E-state index contributed by atoms with van der Waals surface area (Å²) >= 11 is 9.06. The van der Waals surface area contributed by atoms with Gasteiger partial charge in [-0.1, -0.05) is 30.7 Å². The molecule has 27 heavy (non-hydrogen) atoms. The van der Waals surface area contributed by atoms with Gasteiger partial charge in [0.2, 0.25) is 5.75 Å². The van der Waals surface area contributed by atoms with Crippen molar-refractivity contribution in [3.05, 3.63) is 66.9 Å². The quantitative estimate of drug-likeness (QED) is 0.522. The third-order valence-electron chi connectivity index (χ3n) is 4.27. The van der Waals surface area contributed by atoms with Crippen molar-refractivity contribution in [3.63, 3.8) is 0 Å². The van der Waals surface area contributed by atoms with E-state index in [9.17, 15) is 9.90 Å². The van der Waals surface area contributed by atoms with E-state index in [2.05, 4.69) is 9.97 Å². The second kappa shape index (κ2) is 7.07. The lowest BCUT2D eigenvalue weighted by Gasteiger charge is -2.02. The summed E-state index contributed by atoms with van der Waals surface area (Å²) in [6, 6.07) is 5.97. The van der Waals surface area contributed by atoms with Crippen LogP contribution in [0, 0.1) is 6.92 Å². The Morgan fingerprint density at radius 1 is 1.26 bits per heavy atom. The summed E-state index contributed by atoms with van der Waals surface area (Å²) in [6.45, 7) is 3.98. The zero-order valence-electron chi connectivity index (χ0n) is 14.7. The minimum Gasteiger partial charge on any atom is -0.501 e. The van der Waals surface area contributed by atoms with E-state index in [-0.39, 0.29) is 11.4 Å². The third-order valence-corrected chi connectivity index (χ3v) is 6.81. The lowest BCUT2D eigenvalue weighted by Crippen LogP contribution is -2.13. The van der Waals surface area contributed by atoms with Crippen molar-refractivity contribution in [1.29, 1.82) is 0 Å². The molecule has 3 aromatic heterocycles. The summed E-state index contributed by atoms with van der Waals surface area (Å²) in [5.41, 5.74) is 1.89. The fourth-order valence-corrected chi connectivity index (χ4v) is 4.78. The smallest absolute Gasteiger partial charge is 0.301 e. The molecular weight excluding hydrogens is 402 g/mol. The SMILES string of the molecule is CCc1cn2c(=O)c(O)c(-c3ncc(Cc4ccc(C)c(Cl)c4)s3)nc2s1. The van der Waals surface area contributed by atoms with Gasteiger partial charge in [0.25, 0.3) is 0 Å². The van der Waals surface area contributed by atoms with Crippen molar-refractivity contribution >= 4 is 39.2 Å². The van der Waals surface area contributed by atoms with Gasteiger partial charge in [0, 0.05) is 33.6 Å². The first-order valence-corrected chi connectivity index (χ1v) is 10.4. The van der Waals surface area contributed by atoms with Gasteiger partial charge in [-0.05, 0) is 30.5 Å². The van der Waals surface area contributed by atoms with Crippen molar-refractivity contribution in [2.75, 3.05) is 0 Å². The molecule has 0 aliphatic carbocycles. The predicted octanol–water partition coefficient (Wildman–Crippen LogP) is 4.70. The number of hydrogen-bond donors (Lipinski definition) is 1. The molecule has 0 bridgehead atoms. The number of halogens is 1. The van der Waals surface area contributed by atoms with Gasteiger partial charge >= 0.3 is 5.56 Å². The van der Waals surface area contributed by atoms with Crippen LogP contribution in [0.2, 0.25) is 5.02 Å². The standard InChI is InChI=1S/C19H16ClN3O2S2/c1-3-12-9-23-18(25)16(24)15(22-19(23)27-12)17-21-8-13(26-17)6-11-5-4-10(2)14(20)7-11/h4-5,7-9,24H,3,6H2,1-2H3. The molecule has 8 heteroatoms. The van der Waals surface area contributed by atoms with Gasteiger partial charge in [0.1, 0.15) is 10.7 Å². The number of benzene rings is 1. The molecule has 0 saturated heterocycles. The zero-order valence-corrected chi connectivity index (χ0v) is 17.1. The van der Waals surface area contributed by atoms with Gasteiger partial charge in [-0.3, -0.25) is 9.20 Å². The van der Waals surface area contributed by atoms with Crippen LogP contribution in [-0.2, 0) is 12.8 Å². The fraction of sp³-hybridized carbons (Fsp3) is 0.211. The third kappa shape index (κ3) is 3.38. The number of thiazole rings is 2. The Kier molecular flexibility index (Phi) is 4.75. The summed E-state index contributed by atoms with van der Waals surface area (Å²) in [4.78, 5) is 23.9. The molecule has 4 rings (SSSR count). The summed E-state index contributed by atoms with van der Waals surface area (Å²) < 4.78 is 1.39. The van der Waals surface area contributed by atoms with E-state index in [0.29, 0.717) is 16.4 Å². The minimum absolute atomic E-state index is 0.239. The molecule has 0 atom stereocenters. The van der Waals surface area contributed by atoms with Gasteiger partial charge < -0.3 is 5.11 Å². The van der Waals surface area contributed by atoms with E-state index in [4.69, 9.17) is 11.6 Å². The number of hydrogen-bond acceptors (Lipinski definition) is 6. The highest BCUT2D eigenvalue weighted by Crippen LogP contribution is 2.31. The highest BCUT2D eigenvalue weighted by molar-refractivity contribution is 7.17. The Morgan fingerprint density at radius 2 is 2.07 bits per heavy atom. The second-order valence-corrected chi connectivity index (χ2v) is 8.83. The molecule has 1 N–H and O–H groups in total. The van der Waals surface area contributed by atoms with Crippen LogP contribution in [0.5, 0.6) is 5.75 Å². The normalized spacial score (nSPS) is 11.4. The van der Waals surface area contributed by atoms with Gasteiger partial charge in [-0.2, -0.15) is 0 Å². The van der Waals surface area contributed by atoms with Crippen LogP contribution in [0.15, 0.2) is 35.4 Å². The van der Waals surface area contributed by atoms with Crippen LogP contribution in [-0.4, -0.2) is 19.5 Å². The zero-order chi connectivity index (χ0) is 19.1. The highest BCUT2D eigenvalue weighted by Gasteiger charge is 2.18. The Bertz CT molecular complexity index is 1210. The number of nitrogens with zero attached hydrogens (tertiary/aromatic N) is 3. The Balaban J connectivity index is 1.71. The number of aromatic hydroxyl groups is 1. The Hall–Kier alpha value is -2.22. The van der Waals surface area contributed by atoms with Crippen LogP contribution in [0.3, 0.4) is 0 Å². The molecule has 5 nitrogen and oxygen atoms in total. The largest absolute Gasteiger partial charge is 0.501 e. The summed E-state index contributed by atoms with van der Waals surface area (Å²) in [5.74, 6) is -0.368. The van der Waals surface area contributed by atoms with Gasteiger partial charge in [0.15, 0.2) is 4.96 Å². The Labute approximate surface area is 168 Å². The van der Waals surface area contributed by atoms with E-state index >= 15 is 0 Å². The molecule has 0 radical (unpaired) electrons. The maximum absolute atomic E-state index is 12.5. The minimum atomic E-state index is -0.465. The summed E-state index contributed by atoms with van der Waals surface area (Å²) in [5, 5.41) is 11.6. The lowest BCUT2D eigenvalue weighted by molar-refractivity contribution is 0.465. The molecule has 0 spiro atoms. The average molecular weight is 418 g/mol. The average Bonchev–Trinajstić information content (AvgIpc) is 3.28. The fourth-order valence-electron chi connectivity index (χ4n) is 2.74. The van der Waals surface area contributed by atoms with Crippen LogP contribution in [0.25, 0.3) is 15.7 Å². The highest BCUT2D eigenvalue weighted by atomic mass is 35.5. The number of rotatable bonds is 4. The van der Waals surface area contributed by atoms with Crippen LogP contribution < -0.4 is 5.56 Å². The molecule has 0 unspecified atom stereocenters.